The van der Waals surface area contributed by atoms with Crippen LogP contribution in [0.15, 0.2) is 70.4 Å². The zero-order chi connectivity index (χ0) is 20.5. The van der Waals surface area contributed by atoms with Gasteiger partial charge in [0.2, 0.25) is 5.88 Å². The Balaban J connectivity index is 1.85. The smallest absolute Gasteiger partial charge is 0.230 e. The molecular weight excluding hydrogens is 364 g/mol. The number of para-hydroxylation sites is 1. The largest absolute Gasteiger partial charge is 0.491 e. The van der Waals surface area contributed by atoms with E-state index in [-0.39, 0.29) is 6.10 Å². The molecule has 2 N–H and O–H groups in total. The van der Waals surface area contributed by atoms with Crippen LogP contribution in [0, 0.1) is 18.3 Å². The number of benzene rings is 2. The summed E-state index contributed by atoms with van der Waals surface area (Å²) >= 11 is 0. The second-order valence-electron chi connectivity index (χ2n) is 7.17. The highest BCUT2D eigenvalue weighted by atomic mass is 16.5. The summed E-state index contributed by atoms with van der Waals surface area (Å²) in [6, 6.07) is 19.6. The third-order valence-corrected chi connectivity index (χ3v) is 4.74. The van der Waals surface area contributed by atoms with Crippen LogP contribution in [0.5, 0.6) is 5.75 Å². The van der Waals surface area contributed by atoms with Gasteiger partial charge < -0.3 is 14.9 Å². The molecule has 0 saturated carbocycles. The maximum absolute atomic E-state index is 9.97. The van der Waals surface area contributed by atoms with Gasteiger partial charge >= 0.3 is 0 Å². The second-order valence-corrected chi connectivity index (χ2v) is 7.17. The van der Waals surface area contributed by atoms with E-state index in [2.05, 4.69) is 11.1 Å². The van der Waals surface area contributed by atoms with E-state index in [1.165, 1.54) is 0 Å². The quantitative estimate of drug-likeness (QED) is 0.696. The molecule has 1 atom stereocenters. The first-order chi connectivity index (χ1) is 14.0. The maximum Gasteiger partial charge on any atom is 0.230 e. The Morgan fingerprint density at radius 1 is 1.14 bits per heavy atom. The molecule has 1 aliphatic heterocycles. The van der Waals surface area contributed by atoms with E-state index >= 15 is 0 Å². The molecule has 1 aromatic heterocycles. The zero-order valence-electron chi connectivity index (χ0n) is 16.6. The number of aromatic nitrogens is 1. The van der Waals surface area contributed by atoms with Crippen molar-refractivity contribution in [3.8, 4) is 11.8 Å². The van der Waals surface area contributed by atoms with Gasteiger partial charge in [0.25, 0.3) is 0 Å². The van der Waals surface area contributed by atoms with E-state index in [4.69, 9.17) is 14.9 Å². The van der Waals surface area contributed by atoms with Crippen molar-refractivity contribution in [1.82, 2.24) is 4.98 Å². The number of nitrogens with two attached hydrogens (primary N) is 1. The van der Waals surface area contributed by atoms with Gasteiger partial charge in [-0.25, -0.2) is 4.98 Å². The van der Waals surface area contributed by atoms with Gasteiger partial charge in [-0.1, -0.05) is 30.3 Å². The fourth-order valence-corrected chi connectivity index (χ4v) is 3.59. The van der Waals surface area contributed by atoms with E-state index in [1.54, 1.807) is 11.8 Å². The highest BCUT2D eigenvalue weighted by molar-refractivity contribution is 5.73. The van der Waals surface area contributed by atoms with Crippen molar-refractivity contribution < 1.29 is 9.15 Å². The molecule has 6 nitrogen and oxygen atoms in total. The minimum Gasteiger partial charge on any atom is -0.491 e. The number of anilines is 2. The van der Waals surface area contributed by atoms with Gasteiger partial charge in [-0.3, -0.25) is 4.90 Å². The molecule has 2 aromatic carbocycles. The predicted octanol–water partition coefficient (Wildman–Crippen LogP) is 4.75. The molecule has 2 heterocycles. The van der Waals surface area contributed by atoms with Crippen molar-refractivity contribution in [2.24, 2.45) is 5.73 Å². The molecule has 3 aromatic rings. The van der Waals surface area contributed by atoms with Crippen molar-refractivity contribution >= 4 is 11.6 Å². The number of fused-ring (bicyclic) bond motifs is 1. The third-order valence-electron chi connectivity index (χ3n) is 4.74. The Kier molecular flexibility index (Phi) is 4.73. The van der Waals surface area contributed by atoms with Crippen LogP contribution in [-0.2, 0) is 0 Å². The predicted molar refractivity (Wildman–Crippen MR) is 111 cm³/mol. The average molecular weight is 386 g/mol. The summed E-state index contributed by atoms with van der Waals surface area (Å²) in [6.07, 6.45) is 0.0879. The Morgan fingerprint density at radius 2 is 1.83 bits per heavy atom. The summed E-state index contributed by atoms with van der Waals surface area (Å²) in [5.41, 5.74) is 9.32. The number of rotatable bonds is 4. The minimum atomic E-state index is -0.402. The SMILES string of the molecule is Cc1nc2c(o1)N(c1ccccc1)C(N)=C(C#N)C2c1ccc(OC(C)C)cc1. The Hall–Kier alpha value is -3.72. The summed E-state index contributed by atoms with van der Waals surface area (Å²) in [5, 5.41) is 9.97. The van der Waals surface area contributed by atoms with Gasteiger partial charge in [-0.2, -0.15) is 5.26 Å². The van der Waals surface area contributed by atoms with Gasteiger partial charge in [0.1, 0.15) is 17.3 Å². The molecular formula is C23H22N4O2. The lowest BCUT2D eigenvalue weighted by atomic mass is 9.86. The van der Waals surface area contributed by atoms with Crippen LogP contribution >= 0.6 is 0 Å². The van der Waals surface area contributed by atoms with Crippen LogP contribution in [0.4, 0.5) is 11.6 Å². The molecule has 0 amide bonds. The van der Waals surface area contributed by atoms with Gasteiger partial charge in [-0.15, -0.1) is 0 Å². The Bertz CT molecular complexity index is 1090. The number of nitrogens with zero attached hydrogens (tertiary/aromatic N) is 3. The molecule has 0 radical (unpaired) electrons. The van der Waals surface area contributed by atoms with Gasteiger partial charge in [0.15, 0.2) is 5.89 Å². The van der Waals surface area contributed by atoms with E-state index < -0.39 is 5.92 Å². The molecule has 0 spiro atoms. The summed E-state index contributed by atoms with van der Waals surface area (Å²) in [4.78, 5) is 6.36. The van der Waals surface area contributed by atoms with Crippen molar-refractivity contribution in [3.05, 3.63) is 83.1 Å². The number of ether oxygens (including phenoxy) is 1. The Labute approximate surface area is 169 Å². The van der Waals surface area contributed by atoms with Crippen LogP contribution < -0.4 is 15.4 Å². The second kappa shape index (κ2) is 7.36. The number of nitriles is 1. The van der Waals surface area contributed by atoms with E-state index in [9.17, 15) is 5.26 Å². The van der Waals surface area contributed by atoms with Gasteiger partial charge in [0.05, 0.1) is 29.4 Å². The standard InChI is InChI=1S/C23H22N4O2/c1-14(2)28-18-11-9-16(10-12-18)20-19(13-24)22(25)27(17-7-5-4-6-8-17)23-21(20)26-15(3)29-23/h4-12,14,20H,25H2,1-3H3. The summed E-state index contributed by atoms with van der Waals surface area (Å²) in [5.74, 6) is 1.78. The molecule has 0 fully saturated rings. The number of hydrogen-bond acceptors (Lipinski definition) is 6. The van der Waals surface area contributed by atoms with Gasteiger partial charge in [-0.05, 0) is 43.7 Å². The topological polar surface area (TPSA) is 88.3 Å². The van der Waals surface area contributed by atoms with E-state index in [1.807, 2.05) is 68.4 Å². The van der Waals surface area contributed by atoms with Crippen molar-refractivity contribution in [2.45, 2.75) is 32.8 Å². The van der Waals surface area contributed by atoms with Crippen LogP contribution in [0.2, 0.25) is 0 Å². The average Bonchev–Trinajstić information content (AvgIpc) is 3.08. The number of hydrogen-bond donors (Lipinski definition) is 1. The zero-order valence-corrected chi connectivity index (χ0v) is 16.6. The molecule has 4 rings (SSSR count). The van der Waals surface area contributed by atoms with E-state index in [0.29, 0.717) is 28.9 Å². The fraction of sp³-hybridized carbons (Fsp3) is 0.217. The Morgan fingerprint density at radius 3 is 2.45 bits per heavy atom. The highest BCUT2D eigenvalue weighted by Crippen LogP contribution is 2.46. The lowest BCUT2D eigenvalue weighted by molar-refractivity contribution is 0.242. The number of aryl methyl sites for hydroxylation is 1. The van der Waals surface area contributed by atoms with Crippen LogP contribution in [0.25, 0.3) is 0 Å². The highest BCUT2D eigenvalue weighted by Gasteiger charge is 2.38. The first-order valence-corrected chi connectivity index (χ1v) is 9.48. The van der Waals surface area contributed by atoms with Crippen LogP contribution in [-0.4, -0.2) is 11.1 Å². The van der Waals surface area contributed by atoms with E-state index in [0.717, 1.165) is 17.0 Å². The molecule has 1 aliphatic rings. The lowest BCUT2D eigenvalue weighted by Gasteiger charge is -2.31. The molecule has 6 heteroatoms. The van der Waals surface area contributed by atoms with Crippen molar-refractivity contribution in [2.75, 3.05) is 4.90 Å². The molecule has 146 valence electrons. The van der Waals surface area contributed by atoms with Gasteiger partial charge in [0, 0.05) is 6.92 Å². The summed E-state index contributed by atoms with van der Waals surface area (Å²) in [6.45, 7) is 5.75. The van der Waals surface area contributed by atoms with Crippen molar-refractivity contribution in [3.63, 3.8) is 0 Å². The summed E-state index contributed by atoms with van der Waals surface area (Å²) in [7, 11) is 0. The molecule has 0 bridgehead atoms. The molecule has 1 unspecified atom stereocenters. The molecule has 29 heavy (non-hydrogen) atoms. The maximum atomic E-state index is 9.97. The molecule has 0 aliphatic carbocycles. The van der Waals surface area contributed by atoms with Crippen LogP contribution in [0.3, 0.4) is 0 Å². The minimum absolute atomic E-state index is 0.0879. The number of oxazole rings is 1. The fourth-order valence-electron chi connectivity index (χ4n) is 3.59. The lowest BCUT2D eigenvalue weighted by Crippen LogP contribution is -2.31. The normalized spacial score (nSPS) is 16.0. The first kappa shape index (κ1) is 18.6. The summed E-state index contributed by atoms with van der Waals surface area (Å²) < 4.78 is 11.7. The molecule has 0 saturated heterocycles. The number of allylic oxidation sites excluding steroid dienone is 1. The third kappa shape index (κ3) is 3.32. The van der Waals surface area contributed by atoms with Crippen LogP contribution in [0.1, 0.15) is 36.9 Å². The monoisotopic (exact) mass is 386 g/mol. The van der Waals surface area contributed by atoms with Crippen molar-refractivity contribution in [1.29, 1.82) is 5.26 Å². The first-order valence-electron chi connectivity index (χ1n) is 9.48.